The van der Waals surface area contributed by atoms with E-state index in [1.807, 2.05) is 0 Å². The summed E-state index contributed by atoms with van der Waals surface area (Å²) >= 11 is 0. The molecule has 1 aliphatic heterocycles. The van der Waals surface area contributed by atoms with Crippen LogP contribution in [0.5, 0.6) is 0 Å². The average Bonchev–Trinajstić information content (AvgIpc) is 2.15. The van der Waals surface area contributed by atoms with Crippen LogP contribution in [0.4, 0.5) is 11.4 Å². The van der Waals surface area contributed by atoms with Crippen LogP contribution in [-0.2, 0) is 16.8 Å². The van der Waals surface area contributed by atoms with Gasteiger partial charge in [-0.05, 0) is 5.56 Å². The Morgan fingerprint density at radius 2 is 2.13 bits per heavy atom. The molecule has 2 N–H and O–H groups in total. The fourth-order valence-electron chi connectivity index (χ4n) is 1.35. The van der Waals surface area contributed by atoms with Gasteiger partial charge >= 0.3 is 0 Å². The van der Waals surface area contributed by atoms with Crippen LogP contribution in [0.25, 0.3) is 0 Å². The summed E-state index contributed by atoms with van der Waals surface area (Å²) in [7, 11) is -3.66. The molecule has 0 aliphatic carbocycles. The van der Waals surface area contributed by atoms with Gasteiger partial charge in [0.1, 0.15) is 5.69 Å². The van der Waals surface area contributed by atoms with Crippen molar-refractivity contribution in [2.45, 2.75) is 6.54 Å². The van der Waals surface area contributed by atoms with Crippen LogP contribution >= 0.6 is 0 Å². The first kappa shape index (κ1) is 9.87. The highest BCUT2D eigenvalue weighted by molar-refractivity contribution is 7.90. The van der Waals surface area contributed by atoms with E-state index in [1.165, 1.54) is 12.1 Å². The molecule has 0 bridgehead atoms. The Morgan fingerprint density at radius 3 is 2.80 bits per heavy atom. The second-order valence-electron chi connectivity index (χ2n) is 2.99. The Morgan fingerprint density at radius 1 is 1.40 bits per heavy atom. The minimum absolute atomic E-state index is 0.0428. The molecule has 8 heteroatoms. The number of benzene rings is 1. The van der Waals surface area contributed by atoms with Crippen molar-refractivity contribution in [1.29, 1.82) is 0 Å². The van der Waals surface area contributed by atoms with Gasteiger partial charge in [-0.3, -0.25) is 14.8 Å². The van der Waals surface area contributed by atoms with Crippen LogP contribution in [0.2, 0.25) is 0 Å². The SMILES string of the molecule is O=[N+]([O-])c1cccc2c1NS(=O)(=O)NC2. The molecule has 0 atom stereocenters. The number of nitrogens with zero attached hydrogens (tertiary/aromatic N) is 1. The lowest BCUT2D eigenvalue weighted by atomic mass is 10.1. The largest absolute Gasteiger partial charge is 0.299 e. The van der Waals surface area contributed by atoms with Gasteiger partial charge in [0.2, 0.25) is 0 Å². The molecule has 15 heavy (non-hydrogen) atoms. The topological polar surface area (TPSA) is 101 Å². The maximum atomic E-state index is 11.1. The number of rotatable bonds is 1. The van der Waals surface area contributed by atoms with E-state index in [4.69, 9.17) is 0 Å². The van der Waals surface area contributed by atoms with E-state index in [1.54, 1.807) is 6.07 Å². The van der Waals surface area contributed by atoms with Crippen molar-refractivity contribution in [3.63, 3.8) is 0 Å². The third-order valence-electron chi connectivity index (χ3n) is 2.01. The lowest BCUT2D eigenvalue weighted by molar-refractivity contribution is -0.384. The van der Waals surface area contributed by atoms with Gasteiger partial charge < -0.3 is 0 Å². The monoisotopic (exact) mass is 229 g/mol. The molecule has 0 unspecified atom stereocenters. The molecule has 0 radical (unpaired) electrons. The van der Waals surface area contributed by atoms with Gasteiger partial charge in [-0.2, -0.15) is 13.1 Å². The van der Waals surface area contributed by atoms with E-state index in [2.05, 4.69) is 9.44 Å². The summed E-state index contributed by atoms with van der Waals surface area (Å²) < 4.78 is 26.6. The molecular formula is C7H7N3O4S. The van der Waals surface area contributed by atoms with Gasteiger partial charge in [0.15, 0.2) is 0 Å². The molecule has 0 fully saturated rings. The predicted molar refractivity (Wildman–Crippen MR) is 52.5 cm³/mol. The standard InChI is InChI=1S/C7H7N3O4S/c11-10(12)6-3-1-2-5-4-8-15(13,14)9-7(5)6/h1-3,8-9H,4H2. The first-order chi connectivity index (χ1) is 6.99. The van der Waals surface area contributed by atoms with Gasteiger partial charge in [0.25, 0.3) is 15.9 Å². The average molecular weight is 229 g/mol. The third kappa shape index (κ3) is 1.76. The molecule has 2 rings (SSSR count). The molecular weight excluding hydrogens is 222 g/mol. The molecule has 1 aromatic carbocycles. The van der Waals surface area contributed by atoms with Crippen molar-refractivity contribution in [3.05, 3.63) is 33.9 Å². The molecule has 0 aromatic heterocycles. The Kier molecular flexibility index (Phi) is 2.09. The maximum absolute atomic E-state index is 11.1. The highest BCUT2D eigenvalue weighted by Crippen LogP contribution is 2.30. The molecule has 1 heterocycles. The highest BCUT2D eigenvalue weighted by atomic mass is 32.2. The molecule has 0 amide bonds. The van der Waals surface area contributed by atoms with E-state index < -0.39 is 15.1 Å². The number of para-hydroxylation sites is 1. The minimum atomic E-state index is -3.66. The Labute approximate surface area is 85.4 Å². The highest BCUT2D eigenvalue weighted by Gasteiger charge is 2.26. The lowest BCUT2D eigenvalue weighted by Crippen LogP contribution is -2.34. The van der Waals surface area contributed by atoms with Gasteiger partial charge in [0.05, 0.1) is 4.92 Å². The van der Waals surface area contributed by atoms with Gasteiger partial charge in [0, 0.05) is 12.6 Å². The first-order valence-electron chi connectivity index (χ1n) is 4.03. The lowest BCUT2D eigenvalue weighted by Gasteiger charge is -2.18. The summed E-state index contributed by atoms with van der Waals surface area (Å²) in [5.41, 5.74) is 0.359. The molecule has 80 valence electrons. The molecule has 0 saturated carbocycles. The second-order valence-corrected chi connectivity index (χ2v) is 4.49. The summed E-state index contributed by atoms with van der Waals surface area (Å²) in [6, 6.07) is 4.39. The van der Waals surface area contributed by atoms with Gasteiger partial charge in [-0.1, -0.05) is 12.1 Å². The zero-order valence-electron chi connectivity index (χ0n) is 7.43. The number of nitrogens with one attached hydrogen (secondary N) is 2. The number of hydrogen-bond acceptors (Lipinski definition) is 4. The van der Waals surface area contributed by atoms with Crippen molar-refractivity contribution in [1.82, 2.24) is 4.72 Å². The van der Waals surface area contributed by atoms with Gasteiger partial charge in [-0.25, -0.2) is 0 Å². The smallest absolute Gasteiger partial charge is 0.264 e. The van der Waals surface area contributed by atoms with E-state index in [0.717, 1.165) is 0 Å². The van der Waals surface area contributed by atoms with Crippen molar-refractivity contribution in [2.75, 3.05) is 4.72 Å². The fraction of sp³-hybridized carbons (Fsp3) is 0.143. The minimum Gasteiger partial charge on any atom is -0.264 e. The summed E-state index contributed by atoms with van der Waals surface area (Å²) in [5, 5.41) is 10.6. The van der Waals surface area contributed by atoms with Crippen molar-refractivity contribution < 1.29 is 13.3 Å². The Balaban J connectivity index is 2.60. The Bertz CT molecular complexity index is 525. The second kappa shape index (κ2) is 3.17. The zero-order valence-corrected chi connectivity index (χ0v) is 8.24. The maximum Gasteiger partial charge on any atom is 0.299 e. The third-order valence-corrected chi connectivity index (χ3v) is 3.01. The van der Waals surface area contributed by atoms with E-state index >= 15 is 0 Å². The van der Waals surface area contributed by atoms with Crippen LogP contribution in [0.3, 0.4) is 0 Å². The molecule has 0 spiro atoms. The summed E-state index contributed by atoms with van der Waals surface area (Å²) in [4.78, 5) is 10.0. The number of anilines is 1. The molecule has 7 nitrogen and oxygen atoms in total. The van der Waals surface area contributed by atoms with E-state index in [9.17, 15) is 18.5 Å². The van der Waals surface area contributed by atoms with Crippen molar-refractivity contribution >= 4 is 21.6 Å². The van der Waals surface area contributed by atoms with Crippen LogP contribution in [0, 0.1) is 10.1 Å². The number of nitro benzene ring substituents is 1. The van der Waals surface area contributed by atoms with E-state index in [-0.39, 0.29) is 17.9 Å². The molecule has 0 saturated heterocycles. The fourth-order valence-corrected chi connectivity index (χ4v) is 2.27. The number of hydrogen-bond donors (Lipinski definition) is 2. The zero-order chi connectivity index (χ0) is 11.1. The quantitative estimate of drug-likeness (QED) is 0.536. The van der Waals surface area contributed by atoms with Crippen LogP contribution in [-0.4, -0.2) is 13.3 Å². The normalized spacial score (nSPS) is 17.6. The number of fused-ring (bicyclic) bond motifs is 1. The molecule has 1 aromatic rings. The predicted octanol–water partition coefficient (Wildman–Crippen LogP) is 0.355. The summed E-state index contributed by atoms with van der Waals surface area (Å²) in [5.74, 6) is 0. The van der Waals surface area contributed by atoms with Gasteiger partial charge in [-0.15, -0.1) is 0 Å². The number of nitro groups is 1. The summed E-state index contributed by atoms with van der Waals surface area (Å²) in [6.45, 7) is 0.0619. The van der Waals surface area contributed by atoms with E-state index in [0.29, 0.717) is 5.56 Å². The first-order valence-corrected chi connectivity index (χ1v) is 5.51. The van der Waals surface area contributed by atoms with Crippen LogP contribution < -0.4 is 9.44 Å². The summed E-state index contributed by atoms with van der Waals surface area (Å²) in [6.07, 6.45) is 0. The van der Waals surface area contributed by atoms with Crippen molar-refractivity contribution in [2.24, 2.45) is 0 Å². The Hall–Kier alpha value is -1.67. The van der Waals surface area contributed by atoms with Crippen LogP contribution in [0.1, 0.15) is 5.56 Å². The van der Waals surface area contributed by atoms with Crippen LogP contribution in [0.15, 0.2) is 18.2 Å². The van der Waals surface area contributed by atoms with Crippen molar-refractivity contribution in [3.8, 4) is 0 Å². The molecule has 1 aliphatic rings.